The number of phenolic OH excluding ortho intramolecular Hbond substituents is 1. The summed E-state index contributed by atoms with van der Waals surface area (Å²) in [5.74, 6) is 0.283. The van der Waals surface area contributed by atoms with E-state index >= 15 is 0 Å². The quantitative estimate of drug-likeness (QED) is 0.860. The topological polar surface area (TPSA) is 56.0 Å². The van der Waals surface area contributed by atoms with Gasteiger partial charge in [-0.15, -0.1) is 0 Å². The summed E-state index contributed by atoms with van der Waals surface area (Å²) in [5.41, 5.74) is 2.95. The average molecular weight is 238 g/mol. The van der Waals surface area contributed by atoms with E-state index in [9.17, 15) is 0 Å². The Hall–Kier alpha value is -2.31. The SMILES string of the molecule is N#Cc1ccc(CNCc2ccc(O)cc2)cc1. The van der Waals surface area contributed by atoms with E-state index < -0.39 is 0 Å². The smallest absolute Gasteiger partial charge is 0.115 e. The van der Waals surface area contributed by atoms with Crippen LogP contribution in [0.3, 0.4) is 0 Å². The molecule has 2 N–H and O–H groups in total. The van der Waals surface area contributed by atoms with Gasteiger partial charge in [0.15, 0.2) is 0 Å². The summed E-state index contributed by atoms with van der Waals surface area (Å²) in [6.45, 7) is 1.51. The second-order valence-electron chi connectivity index (χ2n) is 4.08. The second kappa shape index (κ2) is 5.85. The number of hydrogen-bond donors (Lipinski definition) is 2. The highest BCUT2D eigenvalue weighted by molar-refractivity contribution is 5.31. The van der Waals surface area contributed by atoms with Crippen molar-refractivity contribution in [3.05, 3.63) is 65.2 Å². The van der Waals surface area contributed by atoms with E-state index in [0.29, 0.717) is 5.56 Å². The zero-order valence-corrected chi connectivity index (χ0v) is 9.93. The molecule has 0 unspecified atom stereocenters. The largest absolute Gasteiger partial charge is 0.508 e. The number of phenols is 1. The Labute approximate surface area is 106 Å². The molecule has 0 saturated heterocycles. The number of rotatable bonds is 4. The summed E-state index contributed by atoms with van der Waals surface area (Å²) >= 11 is 0. The number of hydrogen-bond acceptors (Lipinski definition) is 3. The fraction of sp³-hybridized carbons (Fsp3) is 0.133. The van der Waals surface area contributed by atoms with Crippen LogP contribution in [0.5, 0.6) is 5.75 Å². The maximum Gasteiger partial charge on any atom is 0.115 e. The van der Waals surface area contributed by atoms with Crippen LogP contribution in [0, 0.1) is 11.3 Å². The molecule has 3 nitrogen and oxygen atoms in total. The lowest BCUT2D eigenvalue weighted by atomic mass is 10.1. The Morgan fingerprint density at radius 3 is 1.89 bits per heavy atom. The summed E-state index contributed by atoms with van der Waals surface area (Å²) in [6, 6.07) is 16.8. The van der Waals surface area contributed by atoms with Gasteiger partial charge in [0.25, 0.3) is 0 Å². The van der Waals surface area contributed by atoms with Crippen LogP contribution in [-0.2, 0) is 13.1 Å². The molecule has 0 aliphatic carbocycles. The van der Waals surface area contributed by atoms with Gasteiger partial charge in [-0.1, -0.05) is 24.3 Å². The molecule has 90 valence electrons. The molecule has 0 amide bonds. The van der Waals surface area contributed by atoms with Crippen molar-refractivity contribution in [3.63, 3.8) is 0 Å². The van der Waals surface area contributed by atoms with Crippen LogP contribution >= 0.6 is 0 Å². The van der Waals surface area contributed by atoms with Gasteiger partial charge >= 0.3 is 0 Å². The molecule has 0 aromatic heterocycles. The molecule has 0 atom stereocenters. The first-order valence-electron chi connectivity index (χ1n) is 5.75. The standard InChI is InChI=1S/C15H14N2O/c16-9-12-1-3-13(4-2-12)10-17-11-14-5-7-15(18)8-6-14/h1-8,17-18H,10-11H2. The number of nitrogens with one attached hydrogen (secondary N) is 1. The van der Waals surface area contributed by atoms with Crippen molar-refractivity contribution in [3.8, 4) is 11.8 Å². The minimum atomic E-state index is 0.283. The Kier molecular flexibility index (Phi) is 3.95. The van der Waals surface area contributed by atoms with Gasteiger partial charge in [-0.05, 0) is 35.4 Å². The fourth-order valence-electron chi connectivity index (χ4n) is 1.66. The Balaban J connectivity index is 1.84. The van der Waals surface area contributed by atoms with Crippen LogP contribution in [0.25, 0.3) is 0 Å². The minimum Gasteiger partial charge on any atom is -0.508 e. The maximum absolute atomic E-state index is 9.16. The lowest BCUT2D eigenvalue weighted by Crippen LogP contribution is -2.12. The van der Waals surface area contributed by atoms with Crippen LogP contribution in [-0.4, -0.2) is 5.11 Å². The van der Waals surface area contributed by atoms with E-state index in [2.05, 4.69) is 11.4 Å². The van der Waals surface area contributed by atoms with Crippen LogP contribution < -0.4 is 5.32 Å². The van der Waals surface area contributed by atoms with E-state index in [1.165, 1.54) is 0 Å². The van der Waals surface area contributed by atoms with Crippen molar-refractivity contribution in [2.45, 2.75) is 13.1 Å². The first kappa shape index (κ1) is 12.2. The lowest BCUT2D eigenvalue weighted by Gasteiger charge is -2.05. The summed E-state index contributed by atoms with van der Waals surface area (Å²) in [5, 5.41) is 21.2. The molecule has 2 aromatic rings. The monoisotopic (exact) mass is 238 g/mol. The zero-order valence-electron chi connectivity index (χ0n) is 9.93. The summed E-state index contributed by atoms with van der Waals surface area (Å²) in [7, 11) is 0. The van der Waals surface area contributed by atoms with E-state index in [1.54, 1.807) is 12.1 Å². The highest BCUT2D eigenvalue weighted by Crippen LogP contribution is 2.09. The molecular weight excluding hydrogens is 224 g/mol. The van der Waals surface area contributed by atoms with Crippen molar-refractivity contribution in [2.24, 2.45) is 0 Å². The molecule has 0 aliphatic heterocycles. The van der Waals surface area contributed by atoms with Gasteiger partial charge in [0.1, 0.15) is 5.75 Å². The minimum absolute atomic E-state index is 0.283. The van der Waals surface area contributed by atoms with Crippen molar-refractivity contribution < 1.29 is 5.11 Å². The van der Waals surface area contributed by atoms with Gasteiger partial charge in [0, 0.05) is 13.1 Å². The Bertz CT molecular complexity index is 538. The predicted molar refractivity (Wildman–Crippen MR) is 69.8 cm³/mol. The first-order chi connectivity index (χ1) is 8.78. The molecule has 0 spiro atoms. The Morgan fingerprint density at radius 1 is 0.889 bits per heavy atom. The third-order valence-corrected chi connectivity index (χ3v) is 2.68. The normalized spacial score (nSPS) is 9.94. The van der Waals surface area contributed by atoms with Gasteiger partial charge in [0.05, 0.1) is 11.6 Å². The molecule has 0 heterocycles. The van der Waals surface area contributed by atoms with Gasteiger partial charge in [0.2, 0.25) is 0 Å². The lowest BCUT2D eigenvalue weighted by molar-refractivity contribution is 0.475. The fourth-order valence-corrected chi connectivity index (χ4v) is 1.66. The molecule has 3 heteroatoms. The predicted octanol–water partition coefficient (Wildman–Crippen LogP) is 2.55. The van der Waals surface area contributed by atoms with Crippen LogP contribution in [0.1, 0.15) is 16.7 Å². The zero-order chi connectivity index (χ0) is 12.8. The van der Waals surface area contributed by atoms with Crippen LogP contribution in [0.15, 0.2) is 48.5 Å². The van der Waals surface area contributed by atoms with E-state index in [1.807, 2.05) is 36.4 Å². The molecule has 0 bridgehead atoms. The number of benzene rings is 2. The molecule has 2 aromatic carbocycles. The molecule has 0 radical (unpaired) electrons. The summed E-state index contributed by atoms with van der Waals surface area (Å²) in [4.78, 5) is 0. The molecule has 0 saturated carbocycles. The van der Waals surface area contributed by atoms with Crippen LogP contribution in [0.2, 0.25) is 0 Å². The second-order valence-corrected chi connectivity index (χ2v) is 4.08. The Morgan fingerprint density at radius 2 is 1.39 bits per heavy atom. The van der Waals surface area contributed by atoms with Gasteiger partial charge in [-0.3, -0.25) is 0 Å². The molecule has 0 fully saturated rings. The maximum atomic E-state index is 9.16. The van der Waals surface area contributed by atoms with Crippen LogP contribution in [0.4, 0.5) is 0 Å². The molecule has 2 rings (SSSR count). The van der Waals surface area contributed by atoms with Gasteiger partial charge in [-0.2, -0.15) is 5.26 Å². The molecule has 18 heavy (non-hydrogen) atoms. The van der Waals surface area contributed by atoms with E-state index in [0.717, 1.165) is 24.2 Å². The van der Waals surface area contributed by atoms with Crippen molar-refractivity contribution in [2.75, 3.05) is 0 Å². The van der Waals surface area contributed by atoms with E-state index in [4.69, 9.17) is 10.4 Å². The van der Waals surface area contributed by atoms with Crippen molar-refractivity contribution >= 4 is 0 Å². The third kappa shape index (κ3) is 3.34. The van der Waals surface area contributed by atoms with Gasteiger partial charge < -0.3 is 10.4 Å². The number of nitriles is 1. The summed E-state index contributed by atoms with van der Waals surface area (Å²) < 4.78 is 0. The highest BCUT2D eigenvalue weighted by Gasteiger charge is 1.95. The first-order valence-corrected chi connectivity index (χ1v) is 5.75. The number of aromatic hydroxyl groups is 1. The number of nitrogens with zero attached hydrogens (tertiary/aromatic N) is 1. The average Bonchev–Trinajstić information content (AvgIpc) is 2.42. The summed E-state index contributed by atoms with van der Waals surface area (Å²) in [6.07, 6.45) is 0. The van der Waals surface area contributed by atoms with Crippen molar-refractivity contribution in [1.82, 2.24) is 5.32 Å². The molecule has 0 aliphatic rings. The van der Waals surface area contributed by atoms with E-state index in [-0.39, 0.29) is 5.75 Å². The highest BCUT2D eigenvalue weighted by atomic mass is 16.3. The van der Waals surface area contributed by atoms with Crippen molar-refractivity contribution in [1.29, 1.82) is 5.26 Å². The van der Waals surface area contributed by atoms with Gasteiger partial charge in [-0.25, -0.2) is 0 Å². The third-order valence-electron chi connectivity index (χ3n) is 2.68. The molecular formula is C15H14N2O.